The summed E-state index contributed by atoms with van der Waals surface area (Å²) < 4.78 is 254. The molecule has 0 fully saturated rings. The van der Waals surface area contributed by atoms with Crippen molar-refractivity contribution >= 4 is 61.6 Å². The molecule has 1 unspecified atom stereocenters. The normalized spacial score (nSPS) is 18.1. The SMILES string of the molecule is [2H]c1c([2H])c([2H])c(-c2c([2H])c([2H])c([2H])c(-c3c([2H])c([2H])c([2H])c([2H])c3[2H])c2N2c3cc(N)ccc3C3c4ccc(-n5c6ccc(C(C)(C)C)cc6c6cc(C(C)(C)C)ccc65)cc4N(c4c(-c5c([2H])c([2H])c([2H])c([2H])c5[2H])c([2H])c([2H])c([2H])c4-c4c([2H])c([2H])c([2H])c([2H])c4[2H])c4cc(C5c6ccccc6Cc6ccccc65)cc2c43)c([2H])c1[2H]. The zero-order valence-electron chi connectivity index (χ0n) is 77.5. The minimum atomic E-state index is -1.20. The van der Waals surface area contributed by atoms with Gasteiger partial charge in [-0.1, -0.05) is 271 Å². The van der Waals surface area contributed by atoms with Gasteiger partial charge in [-0.05, 0) is 150 Å². The van der Waals surface area contributed by atoms with Gasteiger partial charge in [0.1, 0.15) is 0 Å². The van der Waals surface area contributed by atoms with E-state index in [-0.39, 0.29) is 50.4 Å². The van der Waals surface area contributed by atoms with Gasteiger partial charge in [0, 0.05) is 61.8 Å². The van der Waals surface area contributed by atoms with Crippen LogP contribution >= 0.6 is 0 Å². The fourth-order valence-corrected chi connectivity index (χ4v) is 14.2. The molecule has 0 saturated carbocycles. The van der Waals surface area contributed by atoms with Crippen LogP contribution in [-0.4, -0.2) is 4.57 Å². The molecule has 1 aliphatic carbocycles. The molecule has 17 rings (SSSR count). The predicted molar refractivity (Wildman–Crippen MR) is 391 cm³/mol. The number of aromatic nitrogens is 1. The Labute approximate surface area is 582 Å². The van der Waals surface area contributed by atoms with Crippen LogP contribution in [-0.2, 0) is 17.3 Å². The van der Waals surface area contributed by atoms with Gasteiger partial charge in [-0.2, -0.15) is 0 Å². The molecular formula is C89H72N4. The molecule has 0 saturated heterocycles. The molecule has 14 aromatic rings. The molecule has 93 heavy (non-hydrogen) atoms. The van der Waals surface area contributed by atoms with Crippen molar-refractivity contribution < 1.29 is 35.6 Å². The average Bonchev–Trinajstić information content (AvgIpc) is 1.23. The topological polar surface area (TPSA) is 37.4 Å². The van der Waals surface area contributed by atoms with E-state index >= 15 is 0 Å². The monoisotopic (exact) mass is 1220 g/mol. The van der Waals surface area contributed by atoms with E-state index in [9.17, 15) is 30.2 Å². The fourth-order valence-electron chi connectivity index (χ4n) is 14.2. The van der Waals surface area contributed by atoms with Crippen molar-refractivity contribution in [3.63, 3.8) is 0 Å². The maximum absolute atomic E-state index is 10.5. The lowest BCUT2D eigenvalue weighted by Gasteiger charge is -2.47. The van der Waals surface area contributed by atoms with Gasteiger partial charge in [-0.15, -0.1) is 0 Å². The van der Waals surface area contributed by atoms with Crippen LogP contribution in [0, 0.1) is 0 Å². The molecule has 1 aromatic heterocycles. The van der Waals surface area contributed by atoms with Crippen LogP contribution < -0.4 is 15.5 Å². The zero-order chi connectivity index (χ0) is 85.5. The van der Waals surface area contributed by atoms with Gasteiger partial charge in [0.25, 0.3) is 0 Å². The van der Waals surface area contributed by atoms with Gasteiger partial charge >= 0.3 is 0 Å². The Bertz CT molecular complexity index is 6510. The molecule has 448 valence electrons. The number of hydrogen-bond acceptors (Lipinski definition) is 3. The number of fused-ring (bicyclic) bond motifs is 9. The van der Waals surface area contributed by atoms with Gasteiger partial charge in [0.2, 0.25) is 0 Å². The van der Waals surface area contributed by atoms with Crippen LogP contribution in [0.5, 0.6) is 0 Å². The Balaban J connectivity index is 1.16. The summed E-state index contributed by atoms with van der Waals surface area (Å²) >= 11 is 0. The van der Waals surface area contributed by atoms with Crippen molar-refractivity contribution in [1.29, 1.82) is 0 Å². The summed E-state index contributed by atoms with van der Waals surface area (Å²) in [5.41, 5.74) is 8.34. The lowest BCUT2D eigenvalue weighted by atomic mass is 9.71. The number of nitrogens with two attached hydrogens (primary N) is 1. The minimum absolute atomic E-state index is 0.00573. The lowest BCUT2D eigenvalue weighted by molar-refractivity contribution is 0.590. The van der Waals surface area contributed by atoms with Crippen molar-refractivity contribution in [1.82, 2.24) is 4.57 Å². The second-order valence-electron chi connectivity index (χ2n) is 25.9. The smallest absolute Gasteiger partial charge is 0.0630 e. The van der Waals surface area contributed by atoms with Gasteiger partial charge in [-0.3, -0.25) is 0 Å². The van der Waals surface area contributed by atoms with Gasteiger partial charge < -0.3 is 20.1 Å². The molecular weight excluding hydrogens is 1130 g/mol. The van der Waals surface area contributed by atoms with Crippen LogP contribution in [0.4, 0.5) is 39.8 Å². The fraction of sp³-hybridized carbons (Fsp3) is 0.124. The van der Waals surface area contributed by atoms with Crippen LogP contribution in [0.2, 0.25) is 0 Å². The second kappa shape index (κ2) is 21.6. The number of anilines is 7. The van der Waals surface area contributed by atoms with E-state index in [4.69, 9.17) is 11.2 Å². The van der Waals surface area contributed by atoms with Crippen molar-refractivity contribution in [2.75, 3.05) is 15.5 Å². The van der Waals surface area contributed by atoms with E-state index in [0.29, 0.717) is 23.2 Å². The van der Waals surface area contributed by atoms with Crippen LogP contribution in [0.25, 0.3) is 72.0 Å². The standard InChI is InChI=1S/C89H72N4/c1-88(2,3)63-41-47-77-75(52-63)76-53-64(89(4,5)6)42-48-78(76)91(77)66-44-46-74-80(55-66)93(87-71(58-29-15-9-16-30-58)39-24-40-72(87)59-31-17-10-18-32-59)82-51-62(83-67-35-21-19-33-60(67)49-61-34-20-22-36-68(61)83)50-81-85(82)84(74)73-45-43-65(90)54-79(73)92(81)86-69(56-25-11-7-12-26-56)37-23-38-70(86)57-27-13-8-14-28-57/h7-48,50-55,83-84H,49,90H2,1-6H3/i7D,8D,9D,10D,11D,12D,13D,14D,15D,16D,17D,18D,23D,24D,25D,26D,27D,28D,29D,30D,31D,32D,37D,38D,39D,40D. The predicted octanol–water partition coefficient (Wildman–Crippen LogP) is 23.5. The van der Waals surface area contributed by atoms with E-state index < -0.39 is 225 Å². The highest BCUT2D eigenvalue weighted by atomic mass is 15.2. The van der Waals surface area contributed by atoms with Crippen molar-refractivity contribution in [3.05, 3.63) is 346 Å². The molecule has 13 aromatic carbocycles. The Morgan fingerprint density at radius 1 is 0.376 bits per heavy atom. The summed E-state index contributed by atoms with van der Waals surface area (Å²) in [5.74, 6) is -2.09. The molecule has 4 nitrogen and oxygen atoms in total. The van der Waals surface area contributed by atoms with Gasteiger partial charge in [0.05, 0.1) is 80.8 Å². The first kappa shape index (κ1) is 35.0. The number of nitrogen functional groups attached to an aromatic ring is 1. The highest BCUT2D eigenvalue weighted by Gasteiger charge is 2.45. The maximum atomic E-state index is 10.5. The third-order valence-electron chi connectivity index (χ3n) is 18.4. The Morgan fingerprint density at radius 3 is 1.22 bits per heavy atom. The number of hydrogen-bond donors (Lipinski definition) is 1. The first-order chi connectivity index (χ1) is 56.1. The van der Waals surface area contributed by atoms with Crippen LogP contribution in [0.15, 0.2) is 291 Å². The van der Waals surface area contributed by atoms with E-state index in [1.807, 2.05) is 78.9 Å². The highest BCUT2D eigenvalue weighted by molar-refractivity contribution is 6.11. The summed E-state index contributed by atoms with van der Waals surface area (Å²) in [5, 5.41) is 1.73. The van der Waals surface area contributed by atoms with E-state index in [1.165, 1.54) is 4.90 Å². The quantitative estimate of drug-likeness (QED) is 0.154. The summed E-state index contributed by atoms with van der Waals surface area (Å²) in [6.07, 6.45) is 0.420. The summed E-state index contributed by atoms with van der Waals surface area (Å²) in [7, 11) is 0. The van der Waals surface area contributed by atoms with Crippen molar-refractivity contribution in [2.24, 2.45) is 0 Å². The first-order valence-corrected chi connectivity index (χ1v) is 30.8. The molecule has 0 amide bonds. The third-order valence-corrected chi connectivity index (χ3v) is 18.4. The Morgan fingerprint density at radius 2 is 0.785 bits per heavy atom. The third kappa shape index (κ3) is 9.17. The first-order valence-electron chi connectivity index (χ1n) is 43.8. The Kier molecular flexibility index (Phi) is 8.14. The summed E-state index contributed by atoms with van der Waals surface area (Å²) in [6, 6.07) is 18.1. The zero-order valence-corrected chi connectivity index (χ0v) is 51.5. The molecule has 2 aliphatic heterocycles. The molecule has 2 N–H and O–H groups in total. The molecule has 0 radical (unpaired) electrons. The molecule has 0 spiro atoms. The van der Waals surface area contributed by atoms with E-state index in [1.54, 1.807) is 35.2 Å². The summed E-state index contributed by atoms with van der Waals surface area (Å²) in [4.78, 5) is 3.01. The number of rotatable bonds is 8. The molecule has 1 atom stereocenters. The largest absolute Gasteiger partial charge is 0.399 e. The maximum Gasteiger partial charge on any atom is 0.0630 e. The van der Waals surface area contributed by atoms with E-state index in [2.05, 4.69) is 70.4 Å². The van der Waals surface area contributed by atoms with Crippen LogP contribution in [0.3, 0.4) is 0 Å². The number of para-hydroxylation sites is 2. The van der Waals surface area contributed by atoms with Crippen molar-refractivity contribution in [2.45, 2.75) is 70.6 Å². The second-order valence-corrected chi connectivity index (χ2v) is 25.9. The number of benzene rings is 13. The lowest BCUT2D eigenvalue weighted by Crippen LogP contribution is -2.31. The van der Waals surface area contributed by atoms with Gasteiger partial charge in [-0.25, -0.2) is 0 Å². The van der Waals surface area contributed by atoms with E-state index in [0.717, 1.165) is 55.2 Å². The molecule has 0 bridgehead atoms. The van der Waals surface area contributed by atoms with Crippen LogP contribution in [0.1, 0.15) is 145 Å². The average molecular weight is 1220 g/mol. The van der Waals surface area contributed by atoms with Crippen molar-refractivity contribution in [3.8, 4) is 50.2 Å². The minimum Gasteiger partial charge on any atom is -0.399 e. The molecule has 3 aliphatic rings. The Hall–Kier alpha value is -10.9. The molecule has 4 heteroatoms. The molecule has 3 heterocycles. The highest BCUT2D eigenvalue weighted by Crippen LogP contribution is 2.65. The van der Waals surface area contributed by atoms with Gasteiger partial charge in [0.15, 0.2) is 0 Å². The number of nitrogens with zero attached hydrogens (tertiary/aromatic N) is 3. The summed E-state index contributed by atoms with van der Waals surface area (Å²) in [6.45, 7) is 12.7.